The molecule has 0 N–H and O–H groups in total. The zero-order valence-corrected chi connectivity index (χ0v) is 21.2. The second kappa shape index (κ2) is 9.59. The molecule has 2 aliphatic rings. The number of sulfonamides is 1. The van der Waals surface area contributed by atoms with Crippen LogP contribution in [-0.4, -0.2) is 62.3 Å². The standard InChI is InChI=1S/C27H32N4O3S/c1-20-5-3-4-14-31(20)35(33,34)25-11-12-26-23(19-25)8-13-27(28-26)30-17-15-29(16-18-30)24-9-6-22(7-10-24)21(2)32/h6-13,19-20H,3-5,14-18H2,1-2H3/t20-/m1/s1. The van der Waals surface area contributed by atoms with Gasteiger partial charge in [-0.15, -0.1) is 0 Å². The molecule has 0 radical (unpaired) electrons. The van der Waals surface area contributed by atoms with Gasteiger partial charge in [0.25, 0.3) is 0 Å². The van der Waals surface area contributed by atoms with Crippen LogP contribution in [-0.2, 0) is 10.0 Å². The average Bonchev–Trinajstić information content (AvgIpc) is 2.88. The summed E-state index contributed by atoms with van der Waals surface area (Å²) >= 11 is 0. The third-order valence-electron chi connectivity index (χ3n) is 7.24. The Morgan fingerprint density at radius 1 is 0.886 bits per heavy atom. The van der Waals surface area contributed by atoms with Gasteiger partial charge in [0.05, 0.1) is 10.4 Å². The lowest BCUT2D eigenvalue weighted by Crippen LogP contribution is -2.46. The van der Waals surface area contributed by atoms with Crippen molar-refractivity contribution in [2.45, 2.75) is 44.0 Å². The normalized spacial score (nSPS) is 19.8. The van der Waals surface area contributed by atoms with Gasteiger partial charge in [0.1, 0.15) is 5.82 Å². The van der Waals surface area contributed by atoms with Gasteiger partial charge in [-0.3, -0.25) is 4.79 Å². The van der Waals surface area contributed by atoms with Gasteiger partial charge in [-0.1, -0.05) is 6.42 Å². The molecule has 184 valence electrons. The highest BCUT2D eigenvalue weighted by molar-refractivity contribution is 7.89. The van der Waals surface area contributed by atoms with Crippen LogP contribution < -0.4 is 9.80 Å². The van der Waals surface area contributed by atoms with Crippen LogP contribution in [0.1, 0.15) is 43.5 Å². The van der Waals surface area contributed by atoms with E-state index in [4.69, 9.17) is 4.98 Å². The fourth-order valence-electron chi connectivity index (χ4n) is 5.09. The van der Waals surface area contributed by atoms with E-state index in [1.165, 1.54) is 0 Å². The SMILES string of the molecule is CC(=O)c1ccc(N2CCN(c3ccc4cc(S(=O)(=O)N5CCCC[C@H]5C)ccc4n3)CC2)cc1. The number of ketones is 1. The first kappa shape index (κ1) is 23.8. The lowest BCUT2D eigenvalue weighted by atomic mass is 10.1. The van der Waals surface area contributed by atoms with E-state index < -0.39 is 10.0 Å². The molecular formula is C27H32N4O3S. The Morgan fingerprint density at radius 3 is 2.29 bits per heavy atom. The molecule has 0 aliphatic carbocycles. The van der Waals surface area contributed by atoms with Gasteiger partial charge in [0.15, 0.2) is 5.78 Å². The first-order valence-electron chi connectivity index (χ1n) is 12.4. The first-order valence-corrected chi connectivity index (χ1v) is 13.8. The molecule has 3 aromatic rings. The summed E-state index contributed by atoms with van der Waals surface area (Å²) in [6.45, 7) is 7.57. The van der Waals surface area contributed by atoms with Gasteiger partial charge in [0, 0.05) is 55.4 Å². The number of piperidine rings is 1. The quantitative estimate of drug-likeness (QED) is 0.494. The van der Waals surface area contributed by atoms with Gasteiger partial charge in [-0.05, 0) is 81.3 Å². The Bertz CT molecular complexity index is 1330. The van der Waals surface area contributed by atoms with Gasteiger partial charge < -0.3 is 9.80 Å². The Kier molecular flexibility index (Phi) is 6.51. The fraction of sp³-hybridized carbons (Fsp3) is 0.407. The molecule has 2 aromatic carbocycles. The number of carbonyl (C=O) groups excluding carboxylic acids is 1. The van der Waals surface area contributed by atoms with Crippen molar-refractivity contribution in [3.8, 4) is 0 Å². The maximum atomic E-state index is 13.2. The fourth-order valence-corrected chi connectivity index (χ4v) is 6.83. The van der Waals surface area contributed by atoms with Crippen molar-refractivity contribution in [2.24, 2.45) is 0 Å². The van der Waals surface area contributed by atoms with Crippen LogP contribution >= 0.6 is 0 Å². The van der Waals surface area contributed by atoms with Gasteiger partial charge >= 0.3 is 0 Å². The van der Waals surface area contributed by atoms with Crippen LogP contribution in [0, 0.1) is 0 Å². The zero-order valence-electron chi connectivity index (χ0n) is 20.4. The summed E-state index contributed by atoms with van der Waals surface area (Å²) in [5.41, 5.74) is 2.66. The molecule has 1 atom stereocenters. The topological polar surface area (TPSA) is 73.8 Å². The third kappa shape index (κ3) is 4.77. The molecule has 0 bridgehead atoms. The predicted octanol–water partition coefficient (Wildman–Crippen LogP) is 4.33. The Morgan fingerprint density at radius 2 is 1.60 bits per heavy atom. The molecular weight excluding hydrogens is 460 g/mol. The highest BCUT2D eigenvalue weighted by atomic mass is 32.2. The molecule has 1 aromatic heterocycles. The molecule has 2 saturated heterocycles. The number of pyridine rings is 1. The molecule has 2 fully saturated rings. The molecule has 8 heteroatoms. The molecule has 0 unspecified atom stereocenters. The molecule has 7 nitrogen and oxygen atoms in total. The van der Waals surface area contributed by atoms with Crippen LogP contribution in [0.15, 0.2) is 59.5 Å². The monoisotopic (exact) mass is 492 g/mol. The van der Waals surface area contributed by atoms with Crippen LogP contribution in [0.3, 0.4) is 0 Å². The number of aromatic nitrogens is 1. The molecule has 5 rings (SSSR count). The second-order valence-corrected chi connectivity index (χ2v) is 11.5. The number of fused-ring (bicyclic) bond motifs is 1. The minimum Gasteiger partial charge on any atom is -0.368 e. The van der Waals surface area contributed by atoms with E-state index in [1.807, 2.05) is 49.4 Å². The summed E-state index contributed by atoms with van der Waals surface area (Å²) in [6, 6.07) is 17.1. The third-order valence-corrected chi connectivity index (χ3v) is 9.25. The van der Waals surface area contributed by atoms with E-state index >= 15 is 0 Å². The number of benzene rings is 2. The molecule has 0 spiro atoms. The van der Waals surface area contributed by atoms with E-state index in [0.29, 0.717) is 11.4 Å². The number of hydrogen-bond acceptors (Lipinski definition) is 6. The highest BCUT2D eigenvalue weighted by Crippen LogP contribution is 2.28. The van der Waals surface area contributed by atoms with Crippen molar-refractivity contribution in [2.75, 3.05) is 42.5 Å². The van der Waals surface area contributed by atoms with E-state index in [-0.39, 0.29) is 11.8 Å². The smallest absolute Gasteiger partial charge is 0.243 e. The van der Waals surface area contributed by atoms with Crippen LogP contribution in [0.25, 0.3) is 10.9 Å². The zero-order chi connectivity index (χ0) is 24.6. The van der Waals surface area contributed by atoms with E-state index in [0.717, 1.165) is 73.4 Å². The van der Waals surface area contributed by atoms with E-state index in [9.17, 15) is 13.2 Å². The molecule has 3 heterocycles. The van der Waals surface area contributed by atoms with Crippen molar-refractivity contribution in [3.05, 3.63) is 60.2 Å². The summed E-state index contributed by atoms with van der Waals surface area (Å²) in [5.74, 6) is 0.985. The van der Waals surface area contributed by atoms with Crippen molar-refractivity contribution < 1.29 is 13.2 Å². The Hall–Kier alpha value is -2.97. The van der Waals surface area contributed by atoms with Crippen molar-refractivity contribution in [1.82, 2.24) is 9.29 Å². The van der Waals surface area contributed by atoms with Crippen LogP contribution in [0.4, 0.5) is 11.5 Å². The maximum absolute atomic E-state index is 13.2. The van der Waals surface area contributed by atoms with Crippen molar-refractivity contribution in [1.29, 1.82) is 0 Å². The Balaban J connectivity index is 1.29. The molecule has 0 saturated carbocycles. The number of hydrogen-bond donors (Lipinski definition) is 0. The largest absolute Gasteiger partial charge is 0.368 e. The summed E-state index contributed by atoms with van der Waals surface area (Å²) in [7, 11) is -3.50. The second-order valence-electron chi connectivity index (χ2n) is 9.56. The van der Waals surface area contributed by atoms with Crippen molar-refractivity contribution in [3.63, 3.8) is 0 Å². The minimum absolute atomic E-state index is 0.0377. The van der Waals surface area contributed by atoms with Gasteiger partial charge in [-0.25, -0.2) is 13.4 Å². The van der Waals surface area contributed by atoms with Crippen molar-refractivity contribution >= 4 is 38.2 Å². The van der Waals surface area contributed by atoms with Crippen LogP contribution in [0.5, 0.6) is 0 Å². The van der Waals surface area contributed by atoms with Gasteiger partial charge in [0.2, 0.25) is 10.0 Å². The number of piperazine rings is 1. The average molecular weight is 493 g/mol. The number of anilines is 2. The molecule has 35 heavy (non-hydrogen) atoms. The number of nitrogens with zero attached hydrogens (tertiary/aromatic N) is 4. The highest BCUT2D eigenvalue weighted by Gasteiger charge is 2.31. The molecule has 0 amide bonds. The van der Waals surface area contributed by atoms with E-state index in [2.05, 4.69) is 9.80 Å². The minimum atomic E-state index is -3.50. The summed E-state index contributed by atoms with van der Waals surface area (Å²) in [4.78, 5) is 21.3. The summed E-state index contributed by atoms with van der Waals surface area (Å²) < 4.78 is 28.1. The first-order chi connectivity index (χ1) is 16.8. The van der Waals surface area contributed by atoms with Gasteiger partial charge in [-0.2, -0.15) is 4.31 Å². The summed E-state index contributed by atoms with van der Waals surface area (Å²) in [6.07, 6.45) is 2.91. The van der Waals surface area contributed by atoms with E-state index in [1.54, 1.807) is 23.4 Å². The lowest BCUT2D eigenvalue weighted by Gasteiger charge is -2.36. The number of rotatable bonds is 5. The molecule has 2 aliphatic heterocycles. The number of carbonyl (C=O) groups is 1. The maximum Gasteiger partial charge on any atom is 0.243 e. The predicted molar refractivity (Wildman–Crippen MR) is 140 cm³/mol. The summed E-state index contributed by atoms with van der Waals surface area (Å²) in [5, 5.41) is 0.837. The Labute approximate surface area is 207 Å². The number of Topliss-reactive ketones (excluding diaryl/α,β-unsaturated/α-hetero) is 1. The lowest BCUT2D eigenvalue weighted by molar-refractivity contribution is 0.101. The van der Waals surface area contributed by atoms with Crippen LogP contribution in [0.2, 0.25) is 0 Å².